The van der Waals surface area contributed by atoms with Crippen LogP contribution in [0.2, 0.25) is 5.15 Å². The SMILES string of the molecule is COc1cc(NSc2cccnc2Cl)cnc1N(C)C(=O)OC(C)(C)C. The van der Waals surface area contributed by atoms with Gasteiger partial charge in [0, 0.05) is 19.3 Å². The van der Waals surface area contributed by atoms with Gasteiger partial charge >= 0.3 is 6.09 Å². The lowest BCUT2D eigenvalue weighted by Gasteiger charge is -2.25. The largest absolute Gasteiger partial charge is 0.493 e. The summed E-state index contributed by atoms with van der Waals surface area (Å²) < 4.78 is 13.8. The summed E-state index contributed by atoms with van der Waals surface area (Å²) in [5.41, 5.74) is 0.0905. The van der Waals surface area contributed by atoms with Crippen LogP contribution >= 0.6 is 23.5 Å². The second-order valence-corrected chi connectivity index (χ2v) is 7.49. The number of ether oxygens (including phenoxy) is 2. The number of nitrogens with zero attached hydrogens (tertiary/aromatic N) is 3. The van der Waals surface area contributed by atoms with E-state index in [0.717, 1.165) is 4.90 Å². The number of hydrogen-bond acceptors (Lipinski definition) is 7. The smallest absolute Gasteiger partial charge is 0.415 e. The number of hydrogen-bond donors (Lipinski definition) is 1. The van der Waals surface area contributed by atoms with Crippen molar-refractivity contribution in [2.24, 2.45) is 0 Å². The first-order chi connectivity index (χ1) is 12.2. The van der Waals surface area contributed by atoms with Crippen molar-refractivity contribution in [3.8, 4) is 5.75 Å². The fraction of sp³-hybridized carbons (Fsp3) is 0.353. The normalized spacial score (nSPS) is 11.0. The first-order valence-electron chi connectivity index (χ1n) is 7.75. The molecule has 1 N–H and O–H groups in total. The molecule has 26 heavy (non-hydrogen) atoms. The van der Waals surface area contributed by atoms with Crippen molar-refractivity contribution in [3.63, 3.8) is 0 Å². The Kier molecular flexibility index (Phi) is 6.55. The monoisotopic (exact) mass is 396 g/mol. The highest BCUT2D eigenvalue weighted by atomic mass is 35.5. The highest BCUT2D eigenvalue weighted by molar-refractivity contribution is 8.00. The molecular weight excluding hydrogens is 376 g/mol. The van der Waals surface area contributed by atoms with E-state index in [1.54, 1.807) is 52.3 Å². The summed E-state index contributed by atoms with van der Waals surface area (Å²) in [5, 5.41) is 0.409. The lowest BCUT2D eigenvalue weighted by atomic mass is 10.2. The first kappa shape index (κ1) is 20.1. The van der Waals surface area contributed by atoms with Gasteiger partial charge in [-0.05, 0) is 44.9 Å². The van der Waals surface area contributed by atoms with E-state index in [1.807, 2.05) is 6.07 Å². The Morgan fingerprint density at radius 3 is 2.69 bits per heavy atom. The molecule has 9 heteroatoms. The Morgan fingerprint density at radius 1 is 1.35 bits per heavy atom. The number of halogens is 1. The van der Waals surface area contributed by atoms with E-state index >= 15 is 0 Å². The van der Waals surface area contributed by atoms with Gasteiger partial charge in [-0.15, -0.1) is 0 Å². The van der Waals surface area contributed by atoms with Crippen molar-refractivity contribution < 1.29 is 14.3 Å². The van der Waals surface area contributed by atoms with Crippen molar-refractivity contribution in [3.05, 3.63) is 35.7 Å². The molecule has 0 bridgehead atoms. The van der Waals surface area contributed by atoms with Crippen molar-refractivity contribution in [2.45, 2.75) is 31.3 Å². The number of rotatable bonds is 5. The number of pyridine rings is 2. The minimum Gasteiger partial charge on any atom is -0.493 e. The van der Waals surface area contributed by atoms with E-state index in [2.05, 4.69) is 14.7 Å². The molecule has 0 unspecified atom stereocenters. The molecule has 0 radical (unpaired) electrons. The number of anilines is 2. The van der Waals surface area contributed by atoms with Gasteiger partial charge in [0.25, 0.3) is 0 Å². The van der Waals surface area contributed by atoms with Crippen LogP contribution in [0, 0.1) is 0 Å². The second-order valence-electron chi connectivity index (χ2n) is 6.29. The third-order valence-electron chi connectivity index (χ3n) is 3.04. The van der Waals surface area contributed by atoms with Crippen molar-refractivity contribution in [2.75, 3.05) is 23.8 Å². The summed E-state index contributed by atoms with van der Waals surface area (Å²) in [6.07, 6.45) is 2.70. The Hall–Kier alpha value is -2.19. The summed E-state index contributed by atoms with van der Waals surface area (Å²) in [6.45, 7) is 5.41. The zero-order valence-electron chi connectivity index (χ0n) is 15.2. The number of aromatic nitrogens is 2. The van der Waals surface area contributed by atoms with Crippen LogP contribution in [0.4, 0.5) is 16.3 Å². The lowest BCUT2D eigenvalue weighted by Crippen LogP contribution is -2.34. The van der Waals surface area contributed by atoms with Gasteiger partial charge in [0.05, 0.1) is 23.9 Å². The first-order valence-corrected chi connectivity index (χ1v) is 8.95. The van der Waals surface area contributed by atoms with Crippen LogP contribution in [0.1, 0.15) is 20.8 Å². The summed E-state index contributed by atoms with van der Waals surface area (Å²) >= 11 is 7.34. The van der Waals surface area contributed by atoms with Crippen LogP contribution in [0.15, 0.2) is 35.5 Å². The molecule has 2 aromatic rings. The van der Waals surface area contributed by atoms with Crippen LogP contribution in [-0.2, 0) is 4.74 Å². The van der Waals surface area contributed by atoms with E-state index in [1.165, 1.54) is 24.0 Å². The summed E-state index contributed by atoms with van der Waals surface area (Å²) in [6, 6.07) is 5.39. The number of methoxy groups -OCH3 is 1. The minimum absolute atomic E-state index is 0.358. The van der Waals surface area contributed by atoms with Crippen molar-refractivity contribution >= 4 is 41.1 Å². The third kappa shape index (κ3) is 5.40. The quantitative estimate of drug-likeness (QED) is 0.583. The molecule has 0 spiro atoms. The number of carbonyl (C=O) groups is 1. The lowest BCUT2D eigenvalue weighted by molar-refractivity contribution is 0.0587. The maximum absolute atomic E-state index is 12.2. The third-order valence-corrected chi connectivity index (χ3v) is 4.34. The number of amides is 1. The van der Waals surface area contributed by atoms with E-state index in [0.29, 0.717) is 22.4 Å². The highest BCUT2D eigenvalue weighted by Gasteiger charge is 2.23. The molecule has 2 heterocycles. The summed E-state index contributed by atoms with van der Waals surface area (Å²) in [5.74, 6) is 0.790. The molecule has 0 saturated heterocycles. The molecule has 0 saturated carbocycles. The van der Waals surface area contributed by atoms with Crippen LogP contribution in [0.3, 0.4) is 0 Å². The average Bonchev–Trinajstić information content (AvgIpc) is 2.58. The standard InChI is InChI=1S/C17H21ClN4O3S/c1-17(2,3)25-16(23)22(4)15-12(24-5)9-11(10-20-15)21-26-13-7-6-8-19-14(13)18/h6-10,21H,1-5H3. The van der Waals surface area contributed by atoms with Gasteiger partial charge in [0.2, 0.25) is 0 Å². The number of nitrogens with one attached hydrogen (secondary N) is 1. The van der Waals surface area contributed by atoms with Crippen LogP contribution in [0.5, 0.6) is 5.75 Å². The van der Waals surface area contributed by atoms with Crippen molar-refractivity contribution in [1.82, 2.24) is 9.97 Å². The fourth-order valence-electron chi connectivity index (χ4n) is 1.87. The Bertz CT molecular complexity index is 783. The molecule has 2 rings (SSSR count). The summed E-state index contributed by atoms with van der Waals surface area (Å²) in [7, 11) is 3.09. The second kappa shape index (κ2) is 8.46. The molecule has 0 fully saturated rings. The van der Waals surface area contributed by atoms with E-state index in [-0.39, 0.29) is 0 Å². The average molecular weight is 397 g/mol. The molecule has 0 aliphatic heterocycles. The van der Waals surface area contributed by atoms with Gasteiger partial charge < -0.3 is 14.2 Å². The van der Waals surface area contributed by atoms with Crippen LogP contribution in [-0.4, -0.2) is 35.8 Å². The maximum atomic E-state index is 12.2. The van der Waals surface area contributed by atoms with Crippen molar-refractivity contribution in [1.29, 1.82) is 0 Å². The molecular formula is C17H21ClN4O3S. The summed E-state index contributed by atoms with van der Waals surface area (Å²) in [4.78, 5) is 22.6. The van der Waals surface area contributed by atoms with Crippen LogP contribution in [0.25, 0.3) is 0 Å². The minimum atomic E-state index is -0.598. The predicted octanol–water partition coefficient (Wildman–Crippen LogP) is 4.63. The van der Waals surface area contributed by atoms with E-state index in [4.69, 9.17) is 21.1 Å². The maximum Gasteiger partial charge on any atom is 0.415 e. The van der Waals surface area contributed by atoms with Gasteiger partial charge in [0.1, 0.15) is 10.8 Å². The molecule has 0 aromatic carbocycles. The Balaban J connectivity index is 2.14. The van der Waals surface area contributed by atoms with Gasteiger partial charge in [0.15, 0.2) is 11.6 Å². The zero-order valence-corrected chi connectivity index (χ0v) is 16.8. The van der Waals surface area contributed by atoms with Crippen LogP contribution < -0.4 is 14.4 Å². The fourth-order valence-corrected chi connectivity index (χ4v) is 2.73. The Labute approximate surface area is 162 Å². The topological polar surface area (TPSA) is 76.6 Å². The zero-order chi connectivity index (χ0) is 19.3. The van der Waals surface area contributed by atoms with Gasteiger partial charge in [-0.2, -0.15) is 0 Å². The Morgan fingerprint density at radius 2 is 2.08 bits per heavy atom. The molecule has 140 valence electrons. The molecule has 1 amide bonds. The highest BCUT2D eigenvalue weighted by Crippen LogP contribution is 2.32. The van der Waals surface area contributed by atoms with E-state index in [9.17, 15) is 4.79 Å². The predicted molar refractivity (Wildman–Crippen MR) is 104 cm³/mol. The molecule has 0 atom stereocenters. The van der Waals surface area contributed by atoms with E-state index < -0.39 is 11.7 Å². The van der Waals surface area contributed by atoms with Gasteiger partial charge in [-0.25, -0.2) is 14.8 Å². The molecule has 7 nitrogen and oxygen atoms in total. The molecule has 2 aromatic heterocycles. The number of carbonyl (C=O) groups excluding carboxylic acids is 1. The van der Waals surface area contributed by atoms with Gasteiger partial charge in [-0.3, -0.25) is 4.90 Å². The molecule has 0 aliphatic rings. The van der Waals surface area contributed by atoms with Gasteiger partial charge in [-0.1, -0.05) is 11.6 Å². The molecule has 0 aliphatic carbocycles.